The largest absolute Gasteiger partial charge is 0.320 e. The Hall–Kier alpha value is -1.67. The minimum absolute atomic E-state index is 0.141. The molecule has 1 nitrogen and oxygen atoms in total. The zero-order valence-corrected chi connectivity index (χ0v) is 11.7. The van der Waals surface area contributed by atoms with E-state index in [1.165, 1.54) is 5.56 Å². The Bertz CT molecular complexity index is 549. The van der Waals surface area contributed by atoms with Gasteiger partial charge in [-0.25, -0.2) is 4.39 Å². The van der Waals surface area contributed by atoms with Crippen molar-refractivity contribution < 1.29 is 4.39 Å². The second-order valence-electron chi connectivity index (χ2n) is 5.04. The summed E-state index contributed by atoms with van der Waals surface area (Å²) < 4.78 is 13.6. The lowest BCUT2D eigenvalue weighted by atomic mass is 9.95. The zero-order valence-electron chi connectivity index (χ0n) is 11.7. The van der Waals surface area contributed by atoms with Gasteiger partial charge in [0.05, 0.1) is 6.04 Å². The molecule has 2 heteroatoms. The second-order valence-corrected chi connectivity index (χ2v) is 5.04. The van der Waals surface area contributed by atoms with Gasteiger partial charge < -0.3 is 5.73 Å². The summed E-state index contributed by atoms with van der Waals surface area (Å²) in [6, 6.07) is 11.8. The van der Waals surface area contributed by atoms with Crippen molar-refractivity contribution in [2.75, 3.05) is 0 Å². The van der Waals surface area contributed by atoms with Gasteiger partial charge in [-0.3, -0.25) is 0 Å². The van der Waals surface area contributed by atoms with E-state index in [-0.39, 0.29) is 11.9 Å². The molecule has 0 aliphatic rings. The summed E-state index contributed by atoms with van der Waals surface area (Å²) in [5.41, 5.74) is 10.9. The van der Waals surface area contributed by atoms with Crippen molar-refractivity contribution in [2.24, 2.45) is 5.73 Å². The van der Waals surface area contributed by atoms with E-state index in [0.29, 0.717) is 11.1 Å². The quantitative estimate of drug-likeness (QED) is 0.882. The van der Waals surface area contributed by atoms with Gasteiger partial charge in [0.1, 0.15) is 5.82 Å². The van der Waals surface area contributed by atoms with Crippen molar-refractivity contribution in [3.05, 3.63) is 70.0 Å². The molecule has 0 aliphatic heterocycles. The zero-order chi connectivity index (χ0) is 14.0. The predicted octanol–water partition coefficient (Wildman–Crippen LogP) is 4.05. The molecular formula is C17H20FN. The lowest BCUT2D eigenvalue weighted by Crippen LogP contribution is -2.12. The van der Waals surface area contributed by atoms with Crippen molar-refractivity contribution in [1.82, 2.24) is 0 Å². The van der Waals surface area contributed by atoms with Crippen LogP contribution < -0.4 is 5.73 Å². The molecule has 0 saturated heterocycles. The van der Waals surface area contributed by atoms with E-state index in [4.69, 9.17) is 5.73 Å². The minimum Gasteiger partial charge on any atom is -0.320 e. The molecule has 0 fully saturated rings. The average Bonchev–Trinajstić information content (AvgIpc) is 2.43. The molecule has 0 aromatic heterocycles. The van der Waals surface area contributed by atoms with Crippen molar-refractivity contribution in [2.45, 2.75) is 33.2 Å². The summed E-state index contributed by atoms with van der Waals surface area (Å²) in [4.78, 5) is 0. The molecule has 2 aromatic carbocycles. The highest BCUT2D eigenvalue weighted by Crippen LogP contribution is 2.24. The summed E-state index contributed by atoms with van der Waals surface area (Å²) in [5, 5.41) is 0. The van der Waals surface area contributed by atoms with Crippen LogP contribution in [0.5, 0.6) is 0 Å². The minimum atomic E-state index is -0.205. The predicted molar refractivity (Wildman–Crippen MR) is 77.7 cm³/mol. The molecule has 0 aliphatic carbocycles. The molecule has 1 unspecified atom stereocenters. The number of hydrogen-bond acceptors (Lipinski definition) is 1. The fraction of sp³-hybridized carbons (Fsp3) is 0.294. The van der Waals surface area contributed by atoms with E-state index in [9.17, 15) is 4.39 Å². The number of aryl methyl sites for hydroxylation is 3. The standard InChI is InChI=1S/C17H20FN/c1-4-13-5-7-14(8-6-13)17(19)15-9-11(2)16(18)12(3)10-15/h5-10,17H,4,19H2,1-3H3. The maximum absolute atomic E-state index is 13.6. The third-order valence-electron chi connectivity index (χ3n) is 3.56. The van der Waals surface area contributed by atoms with Gasteiger partial charge in [-0.05, 0) is 48.1 Å². The molecule has 0 heterocycles. The normalized spacial score (nSPS) is 12.5. The number of nitrogens with two attached hydrogens (primary N) is 1. The summed E-state index contributed by atoms with van der Waals surface area (Å²) in [6.07, 6.45) is 1.02. The highest BCUT2D eigenvalue weighted by molar-refractivity contribution is 5.38. The number of benzene rings is 2. The Balaban J connectivity index is 2.35. The molecule has 2 aromatic rings. The van der Waals surface area contributed by atoms with E-state index in [2.05, 4.69) is 31.2 Å². The van der Waals surface area contributed by atoms with Gasteiger partial charge in [-0.15, -0.1) is 0 Å². The molecule has 0 saturated carbocycles. The lowest BCUT2D eigenvalue weighted by molar-refractivity contribution is 0.607. The molecule has 0 amide bonds. The maximum Gasteiger partial charge on any atom is 0.129 e. The molecule has 2 rings (SSSR count). The summed E-state index contributed by atoms with van der Waals surface area (Å²) in [6.45, 7) is 5.68. The topological polar surface area (TPSA) is 26.0 Å². The van der Waals surface area contributed by atoms with Crippen molar-refractivity contribution in [3.8, 4) is 0 Å². The smallest absolute Gasteiger partial charge is 0.129 e. The first-order chi connectivity index (χ1) is 9.02. The maximum atomic E-state index is 13.6. The van der Waals surface area contributed by atoms with Crippen LogP contribution in [0, 0.1) is 19.7 Å². The molecule has 1 atom stereocenters. The van der Waals surface area contributed by atoms with Crippen molar-refractivity contribution >= 4 is 0 Å². The van der Waals surface area contributed by atoms with Gasteiger partial charge in [0.15, 0.2) is 0 Å². The number of rotatable bonds is 3. The highest BCUT2D eigenvalue weighted by atomic mass is 19.1. The van der Waals surface area contributed by atoms with Crippen LogP contribution >= 0.6 is 0 Å². The van der Waals surface area contributed by atoms with Crippen molar-refractivity contribution in [3.63, 3.8) is 0 Å². The van der Waals surface area contributed by atoms with Crippen LogP contribution in [0.15, 0.2) is 36.4 Å². The van der Waals surface area contributed by atoms with Gasteiger partial charge in [0.2, 0.25) is 0 Å². The molecule has 2 N–H and O–H groups in total. The van der Waals surface area contributed by atoms with E-state index in [1.54, 1.807) is 13.8 Å². The van der Waals surface area contributed by atoms with E-state index >= 15 is 0 Å². The Kier molecular flexibility index (Phi) is 4.01. The van der Waals surface area contributed by atoms with Gasteiger partial charge in [0, 0.05) is 0 Å². The fourth-order valence-corrected chi connectivity index (χ4v) is 2.31. The fourth-order valence-electron chi connectivity index (χ4n) is 2.31. The number of halogens is 1. The van der Waals surface area contributed by atoms with Crippen LogP contribution in [-0.2, 0) is 6.42 Å². The summed E-state index contributed by atoms with van der Waals surface area (Å²) >= 11 is 0. The Morgan fingerprint density at radius 2 is 1.53 bits per heavy atom. The van der Waals surface area contributed by atoms with Gasteiger partial charge in [0.25, 0.3) is 0 Å². The first kappa shape index (κ1) is 13.8. The summed E-state index contributed by atoms with van der Waals surface area (Å²) in [5.74, 6) is -0.141. The Morgan fingerprint density at radius 3 is 2.00 bits per heavy atom. The Labute approximate surface area is 114 Å². The molecule has 19 heavy (non-hydrogen) atoms. The summed E-state index contributed by atoms with van der Waals surface area (Å²) in [7, 11) is 0. The van der Waals surface area contributed by atoms with Crippen LogP contribution in [0.3, 0.4) is 0 Å². The van der Waals surface area contributed by atoms with Gasteiger partial charge in [-0.2, -0.15) is 0 Å². The Morgan fingerprint density at radius 1 is 1.00 bits per heavy atom. The molecular weight excluding hydrogens is 237 g/mol. The third-order valence-corrected chi connectivity index (χ3v) is 3.56. The highest BCUT2D eigenvalue weighted by Gasteiger charge is 2.12. The molecule has 0 radical (unpaired) electrons. The van der Waals surface area contributed by atoms with Crippen LogP contribution in [0.25, 0.3) is 0 Å². The number of hydrogen-bond donors (Lipinski definition) is 1. The van der Waals surface area contributed by atoms with Crippen LogP contribution in [0.2, 0.25) is 0 Å². The van der Waals surface area contributed by atoms with E-state index < -0.39 is 0 Å². The van der Waals surface area contributed by atoms with Gasteiger partial charge >= 0.3 is 0 Å². The van der Waals surface area contributed by atoms with Crippen LogP contribution in [-0.4, -0.2) is 0 Å². The first-order valence-corrected chi connectivity index (χ1v) is 6.64. The van der Waals surface area contributed by atoms with Crippen molar-refractivity contribution in [1.29, 1.82) is 0 Å². The lowest BCUT2D eigenvalue weighted by Gasteiger charge is -2.15. The van der Waals surface area contributed by atoms with Gasteiger partial charge in [-0.1, -0.05) is 43.3 Å². The third kappa shape index (κ3) is 2.85. The average molecular weight is 257 g/mol. The SMILES string of the molecule is CCc1ccc(C(N)c2cc(C)c(F)c(C)c2)cc1. The molecule has 0 spiro atoms. The monoisotopic (exact) mass is 257 g/mol. The molecule has 100 valence electrons. The first-order valence-electron chi connectivity index (χ1n) is 6.64. The van der Waals surface area contributed by atoms with Crippen LogP contribution in [0.1, 0.15) is 40.8 Å². The van der Waals surface area contributed by atoms with Crippen LogP contribution in [0.4, 0.5) is 4.39 Å². The van der Waals surface area contributed by atoms with E-state index in [1.807, 2.05) is 12.1 Å². The molecule has 0 bridgehead atoms. The van der Waals surface area contributed by atoms with E-state index in [0.717, 1.165) is 17.5 Å². The second kappa shape index (κ2) is 5.54.